The van der Waals surface area contributed by atoms with E-state index in [4.69, 9.17) is 5.11 Å². The Bertz CT molecular complexity index is 512. The molecule has 0 aliphatic carbocycles. The van der Waals surface area contributed by atoms with Gasteiger partial charge in [0.25, 0.3) is 0 Å². The summed E-state index contributed by atoms with van der Waals surface area (Å²) in [6.45, 7) is 6.34. The molecule has 0 aromatic heterocycles. The number of unbranched alkanes of at least 4 members (excludes halogenated alkanes) is 1. The number of anilines is 1. The second-order valence-corrected chi connectivity index (χ2v) is 4.98. The number of amides is 2. The SMILES string of the molecule is CCCCN(C)C(=O)Nc1cc(C)c(C)c(C(=O)O)c1. The Kier molecular flexibility index (Phi) is 5.55. The smallest absolute Gasteiger partial charge is 0.336 e. The average Bonchev–Trinajstić information content (AvgIpc) is 2.39. The van der Waals surface area contributed by atoms with Gasteiger partial charge in [-0.3, -0.25) is 0 Å². The van der Waals surface area contributed by atoms with E-state index in [9.17, 15) is 9.59 Å². The fourth-order valence-electron chi connectivity index (χ4n) is 1.87. The van der Waals surface area contributed by atoms with Crippen molar-refractivity contribution in [1.82, 2.24) is 4.90 Å². The Hall–Kier alpha value is -2.04. The number of hydrogen-bond donors (Lipinski definition) is 2. The Balaban J connectivity index is 2.88. The molecule has 0 bridgehead atoms. The minimum absolute atomic E-state index is 0.219. The molecular formula is C15H22N2O3. The van der Waals surface area contributed by atoms with E-state index in [0.29, 0.717) is 12.2 Å². The molecular weight excluding hydrogens is 256 g/mol. The zero-order valence-electron chi connectivity index (χ0n) is 12.5. The van der Waals surface area contributed by atoms with E-state index in [1.54, 1.807) is 24.9 Å². The van der Waals surface area contributed by atoms with Crippen LogP contribution in [0.4, 0.5) is 10.5 Å². The molecule has 0 aliphatic heterocycles. The molecule has 2 N–H and O–H groups in total. The maximum Gasteiger partial charge on any atom is 0.336 e. The van der Waals surface area contributed by atoms with Crippen LogP contribution < -0.4 is 5.32 Å². The van der Waals surface area contributed by atoms with Crippen molar-refractivity contribution in [3.8, 4) is 0 Å². The Morgan fingerprint density at radius 2 is 1.95 bits per heavy atom. The van der Waals surface area contributed by atoms with Gasteiger partial charge in [0.1, 0.15) is 0 Å². The monoisotopic (exact) mass is 278 g/mol. The Morgan fingerprint density at radius 3 is 2.50 bits per heavy atom. The van der Waals surface area contributed by atoms with Crippen LogP contribution in [-0.4, -0.2) is 35.6 Å². The summed E-state index contributed by atoms with van der Waals surface area (Å²) >= 11 is 0. The second-order valence-electron chi connectivity index (χ2n) is 4.98. The first-order valence-electron chi connectivity index (χ1n) is 6.73. The molecule has 5 heteroatoms. The first-order valence-corrected chi connectivity index (χ1v) is 6.73. The molecule has 0 heterocycles. The topological polar surface area (TPSA) is 69.6 Å². The fraction of sp³-hybridized carbons (Fsp3) is 0.467. The summed E-state index contributed by atoms with van der Waals surface area (Å²) in [5.41, 5.74) is 2.29. The quantitative estimate of drug-likeness (QED) is 0.868. The zero-order chi connectivity index (χ0) is 15.3. The molecule has 20 heavy (non-hydrogen) atoms. The molecule has 0 saturated heterocycles. The van der Waals surface area contributed by atoms with Crippen molar-refractivity contribution in [2.75, 3.05) is 18.9 Å². The fourth-order valence-corrected chi connectivity index (χ4v) is 1.87. The van der Waals surface area contributed by atoms with Crippen LogP contribution in [0.3, 0.4) is 0 Å². The van der Waals surface area contributed by atoms with Crippen molar-refractivity contribution in [3.63, 3.8) is 0 Å². The summed E-state index contributed by atoms with van der Waals surface area (Å²) in [4.78, 5) is 24.7. The van der Waals surface area contributed by atoms with E-state index in [1.165, 1.54) is 6.07 Å². The number of carboxylic acids is 1. The van der Waals surface area contributed by atoms with Crippen LogP contribution in [-0.2, 0) is 0 Å². The van der Waals surface area contributed by atoms with Gasteiger partial charge >= 0.3 is 12.0 Å². The van der Waals surface area contributed by atoms with Crippen LogP contribution >= 0.6 is 0 Å². The third-order valence-electron chi connectivity index (χ3n) is 3.34. The number of aromatic carboxylic acids is 1. The lowest BCUT2D eigenvalue weighted by Gasteiger charge is -2.18. The summed E-state index contributed by atoms with van der Waals surface area (Å²) in [7, 11) is 1.73. The number of aryl methyl sites for hydroxylation is 1. The molecule has 0 radical (unpaired) electrons. The van der Waals surface area contributed by atoms with Crippen LogP contribution in [0.5, 0.6) is 0 Å². The first-order chi connectivity index (χ1) is 9.36. The van der Waals surface area contributed by atoms with Crippen LogP contribution in [0, 0.1) is 13.8 Å². The standard InChI is InChI=1S/C15H22N2O3/c1-5-6-7-17(4)15(20)16-12-8-10(2)11(3)13(9-12)14(18)19/h8-9H,5-7H2,1-4H3,(H,16,20)(H,18,19). The zero-order valence-corrected chi connectivity index (χ0v) is 12.5. The Morgan fingerprint density at radius 1 is 1.30 bits per heavy atom. The van der Waals surface area contributed by atoms with Gasteiger partial charge in [0.05, 0.1) is 5.56 Å². The molecule has 1 aromatic rings. The van der Waals surface area contributed by atoms with Gasteiger partial charge in [-0.1, -0.05) is 13.3 Å². The summed E-state index contributed by atoms with van der Waals surface area (Å²) in [6, 6.07) is 3.06. The van der Waals surface area contributed by atoms with Gasteiger partial charge in [0.2, 0.25) is 0 Å². The van der Waals surface area contributed by atoms with Crippen molar-refractivity contribution in [2.24, 2.45) is 0 Å². The molecule has 110 valence electrons. The van der Waals surface area contributed by atoms with Crippen molar-refractivity contribution in [3.05, 3.63) is 28.8 Å². The number of carboxylic acid groups (broad SMARTS) is 1. The molecule has 0 saturated carbocycles. The van der Waals surface area contributed by atoms with Crippen LogP contribution in [0.25, 0.3) is 0 Å². The van der Waals surface area contributed by atoms with E-state index in [1.807, 2.05) is 6.92 Å². The van der Waals surface area contributed by atoms with Gasteiger partial charge in [0.15, 0.2) is 0 Å². The van der Waals surface area contributed by atoms with Gasteiger partial charge in [-0.25, -0.2) is 9.59 Å². The van der Waals surface area contributed by atoms with Gasteiger partial charge < -0.3 is 15.3 Å². The average molecular weight is 278 g/mol. The van der Waals surface area contributed by atoms with Crippen LogP contribution in [0.2, 0.25) is 0 Å². The lowest BCUT2D eigenvalue weighted by Crippen LogP contribution is -2.32. The van der Waals surface area contributed by atoms with E-state index >= 15 is 0 Å². The summed E-state index contributed by atoms with van der Waals surface area (Å²) in [6.07, 6.45) is 1.96. The summed E-state index contributed by atoms with van der Waals surface area (Å²) in [5, 5.41) is 11.9. The van der Waals surface area contributed by atoms with Gasteiger partial charge in [0, 0.05) is 19.3 Å². The van der Waals surface area contributed by atoms with Gasteiger partial charge in [-0.05, 0) is 43.5 Å². The van der Waals surface area contributed by atoms with Crippen molar-refractivity contribution in [1.29, 1.82) is 0 Å². The highest BCUT2D eigenvalue weighted by Crippen LogP contribution is 2.20. The molecule has 0 spiro atoms. The van der Waals surface area contributed by atoms with Gasteiger partial charge in [-0.15, -0.1) is 0 Å². The van der Waals surface area contributed by atoms with Crippen molar-refractivity contribution in [2.45, 2.75) is 33.6 Å². The molecule has 2 amide bonds. The summed E-state index contributed by atoms with van der Waals surface area (Å²) < 4.78 is 0. The molecule has 5 nitrogen and oxygen atoms in total. The van der Waals surface area contributed by atoms with Crippen molar-refractivity contribution < 1.29 is 14.7 Å². The number of carbonyl (C=O) groups excluding carboxylic acids is 1. The maximum atomic E-state index is 12.0. The second kappa shape index (κ2) is 6.93. The number of benzene rings is 1. The van der Waals surface area contributed by atoms with Gasteiger partial charge in [-0.2, -0.15) is 0 Å². The molecule has 1 aromatic carbocycles. The highest BCUT2D eigenvalue weighted by molar-refractivity contribution is 5.94. The van der Waals surface area contributed by atoms with Crippen molar-refractivity contribution >= 4 is 17.7 Å². The third-order valence-corrected chi connectivity index (χ3v) is 3.34. The number of urea groups is 1. The molecule has 0 fully saturated rings. The van der Waals surface area contributed by atoms with E-state index < -0.39 is 5.97 Å². The highest BCUT2D eigenvalue weighted by Gasteiger charge is 2.13. The Labute approximate surface area is 119 Å². The van der Waals surface area contributed by atoms with Crippen LogP contribution in [0.15, 0.2) is 12.1 Å². The molecule has 0 atom stereocenters. The number of hydrogen-bond acceptors (Lipinski definition) is 2. The van der Waals surface area contributed by atoms with Crippen LogP contribution in [0.1, 0.15) is 41.3 Å². The number of nitrogens with one attached hydrogen (secondary N) is 1. The maximum absolute atomic E-state index is 12.0. The lowest BCUT2D eigenvalue weighted by molar-refractivity contribution is 0.0696. The van der Waals surface area contributed by atoms with E-state index in [0.717, 1.165) is 24.0 Å². The third kappa shape index (κ3) is 3.98. The normalized spacial score (nSPS) is 10.2. The molecule has 0 unspecified atom stereocenters. The number of carbonyl (C=O) groups is 2. The summed E-state index contributed by atoms with van der Waals surface area (Å²) in [5.74, 6) is -0.985. The molecule has 0 aliphatic rings. The minimum Gasteiger partial charge on any atom is -0.478 e. The largest absolute Gasteiger partial charge is 0.478 e. The lowest BCUT2D eigenvalue weighted by atomic mass is 10.0. The predicted octanol–water partition coefficient (Wildman–Crippen LogP) is 3.27. The van der Waals surface area contributed by atoms with E-state index in [2.05, 4.69) is 12.2 Å². The predicted molar refractivity (Wildman–Crippen MR) is 79.4 cm³/mol. The number of rotatable bonds is 5. The minimum atomic E-state index is -0.985. The number of nitrogens with zero attached hydrogens (tertiary/aromatic N) is 1. The molecule has 1 rings (SSSR count). The highest BCUT2D eigenvalue weighted by atomic mass is 16.4. The van der Waals surface area contributed by atoms with E-state index in [-0.39, 0.29) is 11.6 Å². The first kappa shape index (κ1) is 16.0.